The maximum atomic E-state index is 13.3. The molecule has 4 rings (SSSR count). The van der Waals surface area contributed by atoms with Crippen molar-refractivity contribution < 1.29 is 13.9 Å². The fourth-order valence-electron chi connectivity index (χ4n) is 3.37. The monoisotopic (exact) mass is 381 g/mol. The molecule has 2 heterocycles. The van der Waals surface area contributed by atoms with Gasteiger partial charge in [0, 0.05) is 19.7 Å². The number of para-hydroxylation sites is 1. The summed E-state index contributed by atoms with van der Waals surface area (Å²) >= 11 is 0. The molecule has 28 heavy (non-hydrogen) atoms. The lowest BCUT2D eigenvalue weighted by atomic mass is 10.2. The van der Waals surface area contributed by atoms with Gasteiger partial charge in [0.1, 0.15) is 11.6 Å². The zero-order valence-electron chi connectivity index (χ0n) is 15.9. The second kappa shape index (κ2) is 8.54. The molecule has 146 valence electrons. The molecule has 3 aromatic rings. The van der Waals surface area contributed by atoms with Gasteiger partial charge in [-0.1, -0.05) is 18.2 Å². The van der Waals surface area contributed by atoms with Crippen molar-refractivity contribution in [1.29, 1.82) is 0 Å². The summed E-state index contributed by atoms with van der Waals surface area (Å²) in [4.78, 5) is 0. The van der Waals surface area contributed by atoms with E-state index in [0.29, 0.717) is 18.2 Å². The van der Waals surface area contributed by atoms with Gasteiger partial charge in [0.05, 0.1) is 23.0 Å². The molecular weight excluding hydrogens is 357 g/mol. The maximum absolute atomic E-state index is 13.3. The minimum Gasteiger partial charge on any atom is -0.439 e. The summed E-state index contributed by atoms with van der Waals surface area (Å²) in [5.74, 6) is 0.910. The van der Waals surface area contributed by atoms with Gasteiger partial charge in [0.2, 0.25) is 5.88 Å². The summed E-state index contributed by atoms with van der Waals surface area (Å²) in [7, 11) is 0. The molecule has 1 atom stereocenters. The van der Waals surface area contributed by atoms with E-state index in [9.17, 15) is 4.39 Å². The highest BCUT2D eigenvalue weighted by molar-refractivity contribution is 5.43. The van der Waals surface area contributed by atoms with Crippen molar-refractivity contribution in [1.82, 2.24) is 15.1 Å². The Morgan fingerprint density at radius 2 is 1.96 bits per heavy atom. The topological polar surface area (TPSA) is 48.3 Å². The highest BCUT2D eigenvalue weighted by atomic mass is 19.1. The first-order chi connectivity index (χ1) is 13.7. The summed E-state index contributed by atoms with van der Waals surface area (Å²) in [6.45, 7) is 4.23. The van der Waals surface area contributed by atoms with Crippen molar-refractivity contribution in [3.8, 4) is 17.3 Å². The Bertz CT molecular complexity index is 904. The fraction of sp³-hybridized carbons (Fsp3) is 0.318. The quantitative estimate of drug-likeness (QED) is 0.660. The third-order valence-electron chi connectivity index (χ3n) is 4.86. The smallest absolute Gasteiger partial charge is 0.227 e. The minimum absolute atomic E-state index is 0.269. The molecule has 1 aromatic heterocycles. The second-order valence-corrected chi connectivity index (χ2v) is 6.94. The number of aryl methyl sites for hydroxylation is 1. The van der Waals surface area contributed by atoms with Gasteiger partial charge in [0.25, 0.3) is 0 Å². The van der Waals surface area contributed by atoms with Gasteiger partial charge in [-0.3, -0.25) is 0 Å². The molecule has 0 aliphatic carbocycles. The number of rotatable bonds is 7. The standard InChI is InChI=1S/C22H24FN3O2/c1-16-21(15-24-14-20-8-5-13-27-20)22(28-19-11-9-17(23)10-12-19)26(25-16)18-6-3-2-4-7-18/h2-4,6-7,9-12,20,24H,5,8,13-15H2,1H3/t20-/m1/s1. The molecule has 2 aromatic carbocycles. The van der Waals surface area contributed by atoms with Crippen molar-refractivity contribution in [2.75, 3.05) is 13.2 Å². The zero-order chi connectivity index (χ0) is 19.3. The van der Waals surface area contributed by atoms with Crippen LogP contribution in [0.15, 0.2) is 54.6 Å². The van der Waals surface area contributed by atoms with Gasteiger partial charge in [-0.15, -0.1) is 0 Å². The highest BCUT2D eigenvalue weighted by Crippen LogP contribution is 2.30. The highest BCUT2D eigenvalue weighted by Gasteiger charge is 2.20. The summed E-state index contributed by atoms with van der Waals surface area (Å²) in [5, 5.41) is 8.16. The van der Waals surface area contributed by atoms with Crippen LogP contribution in [0.2, 0.25) is 0 Å². The number of aromatic nitrogens is 2. The third kappa shape index (κ3) is 4.24. The predicted molar refractivity (Wildman–Crippen MR) is 105 cm³/mol. The predicted octanol–water partition coefficient (Wildman–Crippen LogP) is 4.38. The van der Waals surface area contributed by atoms with Crippen LogP contribution in [0.4, 0.5) is 4.39 Å². The van der Waals surface area contributed by atoms with Crippen LogP contribution < -0.4 is 10.1 Å². The Labute approximate surface area is 164 Å². The lowest BCUT2D eigenvalue weighted by molar-refractivity contribution is 0.110. The number of hydrogen-bond acceptors (Lipinski definition) is 4. The molecule has 0 spiro atoms. The van der Waals surface area contributed by atoms with Crippen molar-refractivity contribution in [2.24, 2.45) is 0 Å². The molecule has 0 bridgehead atoms. The van der Waals surface area contributed by atoms with Gasteiger partial charge >= 0.3 is 0 Å². The third-order valence-corrected chi connectivity index (χ3v) is 4.86. The van der Waals surface area contributed by atoms with E-state index >= 15 is 0 Å². The molecule has 0 radical (unpaired) electrons. The van der Waals surface area contributed by atoms with E-state index in [1.807, 2.05) is 37.3 Å². The normalized spacial score (nSPS) is 16.4. The van der Waals surface area contributed by atoms with E-state index in [0.717, 1.165) is 42.9 Å². The molecule has 1 saturated heterocycles. The van der Waals surface area contributed by atoms with Gasteiger partial charge in [-0.05, 0) is 56.2 Å². The first-order valence-corrected chi connectivity index (χ1v) is 9.60. The summed E-state index contributed by atoms with van der Waals surface area (Å²) in [6, 6.07) is 15.9. The van der Waals surface area contributed by atoms with Crippen LogP contribution in [0, 0.1) is 12.7 Å². The van der Waals surface area contributed by atoms with Crippen molar-refractivity contribution in [3.05, 3.63) is 71.7 Å². The molecule has 0 saturated carbocycles. The van der Waals surface area contributed by atoms with Crippen LogP contribution in [0.3, 0.4) is 0 Å². The van der Waals surface area contributed by atoms with E-state index in [1.165, 1.54) is 12.1 Å². The van der Waals surface area contributed by atoms with E-state index in [2.05, 4.69) is 5.32 Å². The largest absolute Gasteiger partial charge is 0.439 e. The van der Waals surface area contributed by atoms with Gasteiger partial charge < -0.3 is 14.8 Å². The number of halogens is 1. The van der Waals surface area contributed by atoms with Crippen LogP contribution in [-0.2, 0) is 11.3 Å². The van der Waals surface area contributed by atoms with Crippen molar-refractivity contribution in [2.45, 2.75) is 32.4 Å². The zero-order valence-corrected chi connectivity index (χ0v) is 15.9. The second-order valence-electron chi connectivity index (χ2n) is 6.94. The first-order valence-electron chi connectivity index (χ1n) is 9.60. The molecule has 1 aliphatic rings. The number of benzene rings is 2. The van der Waals surface area contributed by atoms with Crippen LogP contribution >= 0.6 is 0 Å². The SMILES string of the molecule is Cc1nn(-c2ccccc2)c(Oc2ccc(F)cc2)c1CNC[C@H]1CCCO1. The van der Waals surface area contributed by atoms with E-state index in [-0.39, 0.29) is 11.9 Å². The number of ether oxygens (including phenoxy) is 2. The van der Waals surface area contributed by atoms with E-state index < -0.39 is 0 Å². The fourth-order valence-corrected chi connectivity index (χ4v) is 3.37. The Morgan fingerprint density at radius 3 is 2.68 bits per heavy atom. The number of nitrogens with one attached hydrogen (secondary N) is 1. The lowest BCUT2D eigenvalue weighted by Crippen LogP contribution is -2.26. The molecule has 5 nitrogen and oxygen atoms in total. The Hall–Kier alpha value is -2.70. The van der Waals surface area contributed by atoms with Gasteiger partial charge in [-0.25, -0.2) is 9.07 Å². The minimum atomic E-state index is -0.293. The van der Waals surface area contributed by atoms with Crippen LogP contribution in [0.1, 0.15) is 24.1 Å². The van der Waals surface area contributed by atoms with Crippen LogP contribution in [0.5, 0.6) is 11.6 Å². The molecule has 0 amide bonds. The molecule has 0 unspecified atom stereocenters. The molecule has 1 aliphatic heterocycles. The van der Waals surface area contributed by atoms with Crippen LogP contribution in [0.25, 0.3) is 5.69 Å². The number of hydrogen-bond donors (Lipinski definition) is 1. The van der Waals surface area contributed by atoms with Gasteiger partial charge in [0.15, 0.2) is 0 Å². The summed E-state index contributed by atoms with van der Waals surface area (Å²) in [6.07, 6.45) is 2.48. The molecular formula is C22H24FN3O2. The van der Waals surface area contributed by atoms with Crippen molar-refractivity contribution >= 4 is 0 Å². The van der Waals surface area contributed by atoms with Crippen LogP contribution in [-0.4, -0.2) is 29.0 Å². The average molecular weight is 381 g/mol. The van der Waals surface area contributed by atoms with E-state index in [1.54, 1.807) is 16.8 Å². The summed E-state index contributed by atoms with van der Waals surface area (Å²) in [5.41, 5.74) is 2.78. The van der Waals surface area contributed by atoms with Crippen molar-refractivity contribution in [3.63, 3.8) is 0 Å². The molecule has 6 heteroatoms. The first kappa shape index (κ1) is 18.7. The van der Waals surface area contributed by atoms with E-state index in [4.69, 9.17) is 14.6 Å². The van der Waals surface area contributed by atoms with Gasteiger partial charge in [-0.2, -0.15) is 5.10 Å². The number of nitrogens with zero attached hydrogens (tertiary/aromatic N) is 2. The summed E-state index contributed by atoms with van der Waals surface area (Å²) < 4.78 is 26.9. The Balaban J connectivity index is 1.61. The Morgan fingerprint density at radius 1 is 1.18 bits per heavy atom. The lowest BCUT2D eigenvalue weighted by Gasteiger charge is -2.13. The maximum Gasteiger partial charge on any atom is 0.227 e. The molecule has 1 N–H and O–H groups in total. The molecule has 1 fully saturated rings. The Kier molecular flexibility index (Phi) is 5.69. The average Bonchev–Trinajstić information content (AvgIpc) is 3.34.